The summed E-state index contributed by atoms with van der Waals surface area (Å²) in [5.41, 5.74) is 4.92. The van der Waals surface area contributed by atoms with Crippen LogP contribution in [0.2, 0.25) is 0 Å². The van der Waals surface area contributed by atoms with Crippen LogP contribution >= 0.6 is 0 Å². The van der Waals surface area contributed by atoms with Gasteiger partial charge in [-0.2, -0.15) is 0 Å². The van der Waals surface area contributed by atoms with E-state index in [0.29, 0.717) is 5.82 Å². The molecule has 0 aliphatic heterocycles. The Balaban J connectivity index is 1.64. The first-order valence-corrected chi connectivity index (χ1v) is 8.97. The Morgan fingerprint density at radius 3 is 2.33 bits per heavy atom. The van der Waals surface area contributed by atoms with Gasteiger partial charge in [-0.1, -0.05) is 60.7 Å². The van der Waals surface area contributed by atoms with E-state index >= 15 is 0 Å². The van der Waals surface area contributed by atoms with Crippen LogP contribution in [0.15, 0.2) is 85.1 Å². The summed E-state index contributed by atoms with van der Waals surface area (Å²) in [6, 6.07) is 26.9. The van der Waals surface area contributed by atoms with Gasteiger partial charge in [0.25, 0.3) is 0 Å². The fourth-order valence-corrected chi connectivity index (χ4v) is 3.38. The van der Waals surface area contributed by atoms with Crippen molar-refractivity contribution in [3.05, 3.63) is 90.6 Å². The summed E-state index contributed by atoms with van der Waals surface area (Å²) in [5, 5.41) is 3.47. The standard InChI is InChI=1S/C24H17N3/c1-16-10-13-22(24-25-15-20-8-4-5-9-21(20)27-24)26-23(16)19-12-11-17-6-2-3-7-18(17)14-19/h2-15H,1H3. The highest BCUT2D eigenvalue weighted by Gasteiger charge is 2.10. The topological polar surface area (TPSA) is 38.7 Å². The van der Waals surface area contributed by atoms with E-state index in [1.165, 1.54) is 10.8 Å². The van der Waals surface area contributed by atoms with Gasteiger partial charge in [0, 0.05) is 17.1 Å². The van der Waals surface area contributed by atoms with Crippen molar-refractivity contribution in [2.45, 2.75) is 6.92 Å². The predicted octanol–water partition coefficient (Wildman–Crippen LogP) is 5.82. The molecule has 0 aliphatic carbocycles. The smallest absolute Gasteiger partial charge is 0.178 e. The molecule has 0 unspecified atom stereocenters. The number of aromatic nitrogens is 3. The summed E-state index contributed by atoms with van der Waals surface area (Å²) in [4.78, 5) is 14.1. The van der Waals surface area contributed by atoms with Crippen molar-refractivity contribution in [1.82, 2.24) is 15.0 Å². The molecule has 0 aliphatic rings. The predicted molar refractivity (Wildman–Crippen MR) is 110 cm³/mol. The zero-order valence-corrected chi connectivity index (χ0v) is 14.9. The van der Waals surface area contributed by atoms with Gasteiger partial charge in [-0.15, -0.1) is 0 Å². The minimum absolute atomic E-state index is 0.649. The van der Waals surface area contributed by atoms with E-state index in [4.69, 9.17) is 4.98 Å². The molecule has 5 rings (SSSR count). The Labute approximate surface area is 157 Å². The van der Waals surface area contributed by atoms with Gasteiger partial charge in [0.05, 0.1) is 11.2 Å². The Hall–Kier alpha value is -3.59. The molecule has 0 bridgehead atoms. The average Bonchev–Trinajstić information content (AvgIpc) is 2.73. The van der Waals surface area contributed by atoms with Crippen molar-refractivity contribution < 1.29 is 0 Å². The van der Waals surface area contributed by atoms with E-state index in [1.807, 2.05) is 36.5 Å². The number of rotatable bonds is 2. The molecule has 0 radical (unpaired) electrons. The number of para-hydroxylation sites is 1. The number of nitrogens with zero attached hydrogens (tertiary/aromatic N) is 3. The van der Waals surface area contributed by atoms with E-state index in [1.54, 1.807) is 0 Å². The fraction of sp³-hybridized carbons (Fsp3) is 0.0417. The number of benzene rings is 3. The minimum atomic E-state index is 0.649. The number of hydrogen-bond donors (Lipinski definition) is 0. The van der Waals surface area contributed by atoms with Crippen LogP contribution in [-0.2, 0) is 0 Å². The van der Waals surface area contributed by atoms with Crippen LogP contribution in [0.25, 0.3) is 44.5 Å². The van der Waals surface area contributed by atoms with Gasteiger partial charge in [0.15, 0.2) is 5.82 Å². The van der Waals surface area contributed by atoms with E-state index in [0.717, 1.165) is 33.4 Å². The molecule has 0 amide bonds. The third-order valence-electron chi connectivity index (χ3n) is 4.84. The van der Waals surface area contributed by atoms with E-state index in [9.17, 15) is 0 Å². The van der Waals surface area contributed by atoms with Crippen LogP contribution in [-0.4, -0.2) is 15.0 Å². The lowest BCUT2D eigenvalue weighted by molar-refractivity contribution is 1.17. The van der Waals surface area contributed by atoms with Gasteiger partial charge < -0.3 is 0 Å². The maximum Gasteiger partial charge on any atom is 0.178 e. The second-order valence-electron chi connectivity index (χ2n) is 6.68. The molecule has 27 heavy (non-hydrogen) atoms. The molecule has 128 valence electrons. The molecule has 3 heteroatoms. The quantitative estimate of drug-likeness (QED) is 0.404. The highest BCUT2D eigenvalue weighted by Crippen LogP contribution is 2.28. The van der Waals surface area contributed by atoms with Gasteiger partial charge in [-0.25, -0.2) is 15.0 Å². The number of hydrogen-bond acceptors (Lipinski definition) is 3. The maximum absolute atomic E-state index is 4.90. The summed E-state index contributed by atoms with van der Waals surface area (Å²) in [6.45, 7) is 2.09. The Morgan fingerprint density at radius 1 is 0.667 bits per heavy atom. The zero-order chi connectivity index (χ0) is 18.2. The Morgan fingerprint density at radius 2 is 1.44 bits per heavy atom. The number of pyridine rings is 1. The molecular formula is C24H17N3. The molecule has 0 N–H and O–H groups in total. The van der Waals surface area contributed by atoms with Crippen molar-refractivity contribution in [2.75, 3.05) is 0 Å². The van der Waals surface area contributed by atoms with Crippen LogP contribution in [0.5, 0.6) is 0 Å². The van der Waals surface area contributed by atoms with Crippen molar-refractivity contribution in [1.29, 1.82) is 0 Å². The minimum Gasteiger partial charge on any atom is -0.244 e. The number of fused-ring (bicyclic) bond motifs is 2. The molecule has 0 atom stereocenters. The molecule has 0 saturated carbocycles. The van der Waals surface area contributed by atoms with Crippen LogP contribution in [0.3, 0.4) is 0 Å². The average molecular weight is 347 g/mol. The third-order valence-corrected chi connectivity index (χ3v) is 4.84. The molecule has 0 saturated heterocycles. The molecule has 2 aromatic heterocycles. The van der Waals surface area contributed by atoms with Crippen molar-refractivity contribution in [2.24, 2.45) is 0 Å². The van der Waals surface area contributed by atoms with Gasteiger partial charge in [0.2, 0.25) is 0 Å². The molecule has 2 heterocycles. The first-order chi connectivity index (χ1) is 13.3. The van der Waals surface area contributed by atoms with Gasteiger partial charge in [-0.3, -0.25) is 0 Å². The summed E-state index contributed by atoms with van der Waals surface area (Å²) >= 11 is 0. The normalized spacial score (nSPS) is 11.1. The van der Waals surface area contributed by atoms with Crippen LogP contribution in [0, 0.1) is 6.92 Å². The zero-order valence-electron chi connectivity index (χ0n) is 14.9. The van der Waals surface area contributed by atoms with E-state index in [2.05, 4.69) is 65.4 Å². The molecule has 0 spiro atoms. The summed E-state index contributed by atoms with van der Waals surface area (Å²) in [5.74, 6) is 0.649. The largest absolute Gasteiger partial charge is 0.244 e. The molecule has 3 aromatic carbocycles. The van der Waals surface area contributed by atoms with Crippen molar-refractivity contribution in [3.63, 3.8) is 0 Å². The van der Waals surface area contributed by atoms with E-state index < -0.39 is 0 Å². The van der Waals surface area contributed by atoms with E-state index in [-0.39, 0.29) is 0 Å². The molecule has 3 nitrogen and oxygen atoms in total. The molecular weight excluding hydrogens is 330 g/mol. The molecule has 0 fully saturated rings. The van der Waals surface area contributed by atoms with Crippen molar-refractivity contribution >= 4 is 21.7 Å². The lowest BCUT2D eigenvalue weighted by Crippen LogP contribution is -1.96. The highest BCUT2D eigenvalue weighted by molar-refractivity contribution is 5.87. The lowest BCUT2D eigenvalue weighted by Gasteiger charge is -2.09. The highest BCUT2D eigenvalue weighted by atomic mass is 14.9. The second kappa shape index (κ2) is 6.29. The summed E-state index contributed by atoms with van der Waals surface area (Å²) in [6.07, 6.45) is 1.86. The third kappa shape index (κ3) is 2.83. The monoisotopic (exact) mass is 347 g/mol. The van der Waals surface area contributed by atoms with Crippen LogP contribution in [0.1, 0.15) is 5.56 Å². The van der Waals surface area contributed by atoms with Gasteiger partial charge in [0.1, 0.15) is 5.69 Å². The maximum atomic E-state index is 4.90. The first-order valence-electron chi connectivity index (χ1n) is 8.97. The Kier molecular flexibility index (Phi) is 3.65. The summed E-state index contributed by atoms with van der Waals surface area (Å²) in [7, 11) is 0. The summed E-state index contributed by atoms with van der Waals surface area (Å²) < 4.78 is 0. The van der Waals surface area contributed by atoms with Crippen LogP contribution < -0.4 is 0 Å². The SMILES string of the molecule is Cc1ccc(-c2ncc3ccccc3n2)nc1-c1ccc2ccccc2c1. The lowest BCUT2D eigenvalue weighted by atomic mass is 10.0. The van der Waals surface area contributed by atoms with Gasteiger partial charge in [-0.05, 0) is 41.5 Å². The fourth-order valence-electron chi connectivity index (χ4n) is 3.38. The second-order valence-corrected chi connectivity index (χ2v) is 6.68. The first kappa shape index (κ1) is 15.6. The number of aryl methyl sites for hydroxylation is 1. The van der Waals surface area contributed by atoms with Crippen LogP contribution in [0.4, 0.5) is 0 Å². The molecule has 5 aromatic rings. The van der Waals surface area contributed by atoms with Gasteiger partial charge >= 0.3 is 0 Å². The van der Waals surface area contributed by atoms with Crippen molar-refractivity contribution in [3.8, 4) is 22.8 Å². The Bertz CT molecular complexity index is 1290.